The lowest BCUT2D eigenvalue weighted by Gasteiger charge is -2.13. The number of hydrogen-bond donors (Lipinski definition) is 0. The molecule has 0 N–H and O–H groups in total. The number of alkyl halides is 1. The van der Waals surface area contributed by atoms with Gasteiger partial charge in [-0.25, -0.2) is 0 Å². The summed E-state index contributed by atoms with van der Waals surface area (Å²) in [4.78, 5) is 1.13. The second-order valence-corrected chi connectivity index (χ2v) is 7.57. The van der Waals surface area contributed by atoms with Gasteiger partial charge in [-0.2, -0.15) is 0 Å². The summed E-state index contributed by atoms with van der Waals surface area (Å²) in [5.74, 6) is 0. The van der Waals surface area contributed by atoms with E-state index < -0.39 is 0 Å². The van der Waals surface area contributed by atoms with Crippen LogP contribution in [0.5, 0.6) is 0 Å². The van der Waals surface area contributed by atoms with Gasteiger partial charge in [0.15, 0.2) is 0 Å². The Kier molecular flexibility index (Phi) is 4.75. The van der Waals surface area contributed by atoms with E-state index in [4.69, 9.17) is 11.6 Å². The van der Waals surface area contributed by atoms with Crippen LogP contribution in [0.3, 0.4) is 0 Å². The Labute approximate surface area is 135 Å². The van der Waals surface area contributed by atoms with E-state index in [2.05, 4.69) is 66.8 Å². The molecule has 90 valence electrons. The van der Waals surface area contributed by atoms with Crippen LogP contribution in [-0.4, -0.2) is 0 Å². The number of hydrogen-bond acceptors (Lipinski definition) is 1. The highest BCUT2D eigenvalue weighted by atomic mass is 79.9. The van der Waals surface area contributed by atoms with E-state index in [9.17, 15) is 0 Å². The van der Waals surface area contributed by atoms with Crippen LogP contribution in [0, 0.1) is 6.92 Å². The number of thiophene rings is 1. The highest BCUT2D eigenvalue weighted by molar-refractivity contribution is 9.11. The molecule has 0 fully saturated rings. The zero-order valence-electron chi connectivity index (χ0n) is 8.81. The molecule has 0 radical (unpaired) electrons. The largest absolute Gasteiger partial charge is 0.146 e. The Morgan fingerprint density at radius 1 is 1.12 bits per heavy atom. The van der Waals surface area contributed by atoms with Crippen LogP contribution in [0.2, 0.25) is 0 Å². The van der Waals surface area contributed by atoms with Crippen molar-refractivity contribution >= 4 is 70.7 Å². The fraction of sp³-hybridized carbons (Fsp3) is 0.167. The van der Waals surface area contributed by atoms with E-state index in [1.165, 1.54) is 5.56 Å². The van der Waals surface area contributed by atoms with Gasteiger partial charge in [0.2, 0.25) is 0 Å². The Bertz CT molecular complexity index is 551. The zero-order chi connectivity index (χ0) is 12.6. The van der Waals surface area contributed by atoms with Crippen molar-refractivity contribution < 1.29 is 0 Å². The quantitative estimate of drug-likeness (QED) is 0.440. The lowest BCUT2D eigenvalue weighted by atomic mass is 10.1. The first kappa shape index (κ1) is 14.1. The molecule has 1 aromatic carbocycles. The third-order valence-corrected chi connectivity index (χ3v) is 6.49. The Hall–Kier alpha value is 0.650. The van der Waals surface area contributed by atoms with Gasteiger partial charge in [0.05, 0.1) is 5.38 Å². The van der Waals surface area contributed by atoms with Crippen molar-refractivity contribution in [1.29, 1.82) is 0 Å². The molecule has 0 aliphatic carbocycles. The van der Waals surface area contributed by atoms with Crippen molar-refractivity contribution in [2.45, 2.75) is 12.3 Å². The van der Waals surface area contributed by atoms with Crippen molar-refractivity contribution in [2.75, 3.05) is 0 Å². The topological polar surface area (TPSA) is 0 Å². The maximum Gasteiger partial charge on any atom is 0.0950 e. The summed E-state index contributed by atoms with van der Waals surface area (Å²) < 4.78 is 3.18. The van der Waals surface area contributed by atoms with Gasteiger partial charge < -0.3 is 0 Å². The highest BCUT2D eigenvalue weighted by Crippen LogP contribution is 2.41. The fourth-order valence-electron chi connectivity index (χ4n) is 1.48. The molecule has 0 spiro atoms. The van der Waals surface area contributed by atoms with Gasteiger partial charge in [-0.15, -0.1) is 22.9 Å². The third-order valence-electron chi connectivity index (χ3n) is 2.43. The Balaban J connectivity index is 2.48. The lowest BCUT2D eigenvalue weighted by Crippen LogP contribution is -1.94. The minimum absolute atomic E-state index is 0.143. The van der Waals surface area contributed by atoms with E-state index in [-0.39, 0.29) is 5.38 Å². The summed E-state index contributed by atoms with van der Waals surface area (Å²) in [6, 6.07) is 6.17. The average molecular weight is 459 g/mol. The molecule has 2 aromatic rings. The van der Waals surface area contributed by atoms with Crippen LogP contribution in [0.4, 0.5) is 0 Å². The lowest BCUT2D eigenvalue weighted by molar-refractivity contribution is 1.15. The fourth-order valence-corrected chi connectivity index (χ4v) is 4.84. The first-order valence-corrected chi connectivity index (χ1v) is 8.52. The molecule has 0 bridgehead atoms. The number of rotatable bonds is 2. The van der Waals surface area contributed by atoms with Crippen LogP contribution in [0.25, 0.3) is 0 Å². The van der Waals surface area contributed by atoms with E-state index in [0.717, 1.165) is 23.9 Å². The summed E-state index contributed by atoms with van der Waals surface area (Å²) in [5, 5.41) is 1.89. The van der Waals surface area contributed by atoms with Gasteiger partial charge in [-0.1, -0.05) is 31.9 Å². The molecular formula is C12H8Br3ClS. The highest BCUT2D eigenvalue weighted by Gasteiger charge is 2.18. The van der Waals surface area contributed by atoms with Crippen LogP contribution >= 0.6 is 70.7 Å². The molecule has 1 heterocycles. The number of aryl methyl sites for hydroxylation is 1. The van der Waals surface area contributed by atoms with Gasteiger partial charge in [-0.05, 0) is 57.6 Å². The molecule has 0 nitrogen and oxygen atoms in total. The molecule has 5 heteroatoms. The predicted octanol–water partition coefficient (Wildman–Crippen LogP) is 6.67. The minimum Gasteiger partial charge on any atom is -0.146 e. The van der Waals surface area contributed by atoms with Gasteiger partial charge in [0.25, 0.3) is 0 Å². The maximum absolute atomic E-state index is 6.54. The smallest absolute Gasteiger partial charge is 0.0950 e. The van der Waals surface area contributed by atoms with Crippen molar-refractivity contribution in [1.82, 2.24) is 0 Å². The second kappa shape index (κ2) is 5.74. The number of benzene rings is 1. The summed E-state index contributed by atoms with van der Waals surface area (Å²) in [5.41, 5.74) is 2.27. The van der Waals surface area contributed by atoms with Gasteiger partial charge >= 0.3 is 0 Å². The average Bonchev–Trinajstić information content (AvgIpc) is 2.69. The molecule has 0 amide bonds. The molecule has 1 aromatic heterocycles. The molecule has 1 unspecified atom stereocenters. The SMILES string of the molecule is Cc1cc(Br)c(C(Cl)c2sccc2Br)cc1Br. The van der Waals surface area contributed by atoms with Crippen LogP contribution in [0.15, 0.2) is 37.0 Å². The summed E-state index contributed by atoms with van der Waals surface area (Å²) in [6.45, 7) is 2.06. The first-order valence-electron chi connectivity index (χ1n) is 4.83. The molecule has 0 saturated heterocycles. The molecule has 0 aliphatic heterocycles. The van der Waals surface area contributed by atoms with Gasteiger partial charge in [-0.3, -0.25) is 0 Å². The molecule has 0 aliphatic rings. The van der Waals surface area contributed by atoms with Gasteiger partial charge in [0.1, 0.15) is 0 Å². The van der Waals surface area contributed by atoms with E-state index >= 15 is 0 Å². The minimum atomic E-state index is -0.143. The summed E-state index contributed by atoms with van der Waals surface area (Å²) in [6.07, 6.45) is 0. The summed E-state index contributed by atoms with van der Waals surface area (Å²) >= 11 is 18.8. The van der Waals surface area contributed by atoms with E-state index in [1.807, 2.05) is 11.4 Å². The molecular weight excluding hydrogens is 451 g/mol. The molecule has 2 rings (SSSR count). The zero-order valence-corrected chi connectivity index (χ0v) is 15.1. The van der Waals surface area contributed by atoms with E-state index in [1.54, 1.807) is 11.3 Å². The molecule has 0 saturated carbocycles. The monoisotopic (exact) mass is 456 g/mol. The Morgan fingerprint density at radius 2 is 1.82 bits per heavy atom. The van der Waals surface area contributed by atoms with Crippen LogP contribution in [0.1, 0.15) is 21.4 Å². The molecule has 17 heavy (non-hydrogen) atoms. The standard InChI is InChI=1S/C12H8Br3ClS/c1-6-4-10(15)7(5-9(6)14)11(16)12-8(13)2-3-17-12/h2-5,11H,1H3. The second-order valence-electron chi connectivity index (χ2n) is 3.62. The van der Waals surface area contributed by atoms with Crippen molar-refractivity contribution in [3.8, 4) is 0 Å². The maximum atomic E-state index is 6.54. The van der Waals surface area contributed by atoms with Gasteiger partial charge in [0, 0.05) is 18.3 Å². The first-order chi connectivity index (χ1) is 8.00. The Morgan fingerprint density at radius 3 is 2.41 bits per heavy atom. The number of halogens is 4. The van der Waals surface area contributed by atoms with Crippen LogP contribution in [-0.2, 0) is 0 Å². The van der Waals surface area contributed by atoms with Crippen molar-refractivity contribution in [3.05, 3.63) is 53.0 Å². The van der Waals surface area contributed by atoms with Crippen LogP contribution < -0.4 is 0 Å². The summed E-state index contributed by atoms with van der Waals surface area (Å²) in [7, 11) is 0. The predicted molar refractivity (Wildman–Crippen MR) is 86.3 cm³/mol. The third kappa shape index (κ3) is 2.98. The van der Waals surface area contributed by atoms with Crippen molar-refractivity contribution in [3.63, 3.8) is 0 Å². The van der Waals surface area contributed by atoms with E-state index in [0.29, 0.717) is 0 Å². The van der Waals surface area contributed by atoms with Crippen molar-refractivity contribution in [2.24, 2.45) is 0 Å². The normalized spacial score (nSPS) is 12.8. The molecule has 1 atom stereocenters.